The molecule has 30 valence electrons. The molecule has 0 fully saturated rings. The molecule has 0 saturated heterocycles. The Morgan fingerprint density at radius 1 is 1.25 bits per heavy atom. The summed E-state index contributed by atoms with van der Waals surface area (Å²) < 4.78 is 0. The SMILES string of the molecule is [Fe].[PH2][Fe][PH2]. The van der Waals surface area contributed by atoms with E-state index in [1.807, 2.05) is 0 Å². The Hall–Kier alpha value is 1.90. The predicted molar refractivity (Wildman–Crippen MR) is 19.4 cm³/mol. The van der Waals surface area contributed by atoms with Crippen LogP contribution in [0.5, 0.6) is 0 Å². The Labute approximate surface area is 47.1 Å². The van der Waals surface area contributed by atoms with Crippen molar-refractivity contribution >= 4 is 15.9 Å². The molecule has 0 aliphatic carbocycles. The van der Waals surface area contributed by atoms with Crippen LogP contribution in [0.4, 0.5) is 0 Å². The first-order valence-corrected chi connectivity index (χ1v) is 5.05. The third kappa shape index (κ3) is 9.09. The van der Waals surface area contributed by atoms with Gasteiger partial charge in [-0.05, 0) is 0 Å². The van der Waals surface area contributed by atoms with Gasteiger partial charge in [0.15, 0.2) is 0 Å². The van der Waals surface area contributed by atoms with Gasteiger partial charge in [-0.3, -0.25) is 0 Å². The van der Waals surface area contributed by atoms with Gasteiger partial charge in [0.1, 0.15) is 0 Å². The quantitative estimate of drug-likeness (QED) is 0.377. The van der Waals surface area contributed by atoms with Crippen molar-refractivity contribution < 1.29 is 31.1 Å². The molecule has 0 N–H and O–H groups in total. The zero-order chi connectivity index (χ0) is 2.71. The summed E-state index contributed by atoms with van der Waals surface area (Å²) in [5, 5.41) is 0. The van der Waals surface area contributed by atoms with Crippen molar-refractivity contribution in [1.82, 2.24) is 0 Å². The van der Waals surface area contributed by atoms with Crippen LogP contribution in [-0.4, -0.2) is 0 Å². The molecule has 0 rings (SSSR count). The minimum atomic E-state index is 0. The van der Waals surface area contributed by atoms with Gasteiger partial charge < -0.3 is 0 Å². The van der Waals surface area contributed by atoms with Gasteiger partial charge in [-0.1, -0.05) is 0 Å². The van der Waals surface area contributed by atoms with Crippen LogP contribution in [0.2, 0.25) is 0 Å². The van der Waals surface area contributed by atoms with Gasteiger partial charge in [0.25, 0.3) is 0 Å². The van der Waals surface area contributed by atoms with E-state index >= 15 is 0 Å². The molecule has 0 saturated carbocycles. The Balaban J connectivity index is 0. The third-order valence-corrected chi connectivity index (χ3v) is 0. The van der Waals surface area contributed by atoms with E-state index in [9.17, 15) is 0 Å². The van der Waals surface area contributed by atoms with Gasteiger partial charge in [0, 0.05) is 17.1 Å². The van der Waals surface area contributed by atoms with Crippen molar-refractivity contribution in [2.45, 2.75) is 0 Å². The molecule has 0 aromatic heterocycles. The van der Waals surface area contributed by atoms with Crippen LogP contribution in [0.1, 0.15) is 0 Å². The Kier molecular flexibility index (Phi) is 20.6. The second kappa shape index (κ2) is 8.86. The molecule has 4 heavy (non-hydrogen) atoms. The maximum absolute atomic E-state index is 2.54. The van der Waals surface area contributed by atoms with E-state index in [0.717, 1.165) is 14.1 Å². The summed E-state index contributed by atoms with van der Waals surface area (Å²) in [6, 6.07) is 0. The molecule has 0 nitrogen and oxygen atoms in total. The summed E-state index contributed by atoms with van der Waals surface area (Å²) in [7, 11) is 5.08. The molecule has 4 heteroatoms. The molecular weight excluding hydrogens is 174 g/mol. The van der Waals surface area contributed by atoms with Gasteiger partial charge >= 0.3 is 29.9 Å². The Morgan fingerprint density at radius 3 is 1.25 bits per heavy atom. The molecule has 2 unspecified atom stereocenters. The van der Waals surface area contributed by atoms with Crippen LogP contribution >= 0.6 is 15.9 Å². The minimum absolute atomic E-state index is 0. The van der Waals surface area contributed by atoms with Crippen molar-refractivity contribution in [3.63, 3.8) is 0 Å². The van der Waals surface area contributed by atoms with Crippen LogP contribution in [0.25, 0.3) is 0 Å². The summed E-state index contributed by atoms with van der Waals surface area (Å²) in [5.74, 6) is 0. The topological polar surface area (TPSA) is 0 Å². The average Bonchev–Trinajstić information content (AvgIpc) is 0.918. The fourth-order valence-corrected chi connectivity index (χ4v) is 0. The number of hydrogen-bond donors (Lipinski definition) is 0. The normalized spacial score (nSPS) is 5.50. The molecule has 0 spiro atoms. The molecule has 0 radical (unpaired) electrons. The van der Waals surface area contributed by atoms with E-state index in [-0.39, 0.29) is 17.1 Å². The molecule has 2 atom stereocenters. The molecule has 0 aliphatic rings. The van der Waals surface area contributed by atoms with Crippen LogP contribution in [-0.2, 0) is 31.1 Å². The van der Waals surface area contributed by atoms with E-state index in [2.05, 4.69) is 15.9 Å². The summed E-state index contributed by atoms with van der Waals surface area (Å²) in [4.78, 5) is 0. The first-order valence-electron chi connectivity index (χ1n) is 0.408. The Morgan fingerprint density at radius 2 is 1.25 bits per heavy atom. The second-order valence-electron chi connectivity index (χ2n) is 0.118. The van der Waals surface area contributed by atoms with Crippen LogP contribution < -0.4 is 0 Å². The van der Waals surface area contributed by atoms with Crippen LogP contribution in [0.3, 0.4) is 0 Å². The second-order valence-corrected chi connectivity index (χ2v) is 4.37. The fourth-order valence-electron chi connectivity index (χ4n) is 0. The molecule has 0 bridgehead atoms. The van der Waals surface area contributed by atoms with Gasteiger partial charge in [0.05, 0.1) is 0 Å². The van der Waals surface area contributed by atoms with Gasteiger partial charge in [-0.15, -0.1) is 0 Å². The van der Waals surface area contributed by atoms with E-state index in [0.29, 0.717) is 0 Å². The molecular formula is H4Fe2P2. The summed E-state index contributed by atoms with van der Waals surface area (Å²) in [5.41, 5.74) is 0. The first-order chi connectivity index (χ1) is 1.41. The van der Waals surface area contributed by atoms with Gasteiger partial charge in [0.2, 0.25) is 0 Å². The number of rotatable bonds is 0. The average molecular weight is 178 g/mol. The summed E-state index contributed by atoms with van der Waals surface area (Å²) in [6.07, 6.45) is 0. The molecule has 0 aliphatic heterocycles. The van der Waals surface area contributed by atoms with E-state index in [1.165, 1.54) is 0 Å². The summed E-state index contributed by atoms with van der Waals surface area (Å²) in [6.45, 7) is 0. The van der Waals surface area contributed by atoms with E-state index in [4.69, 9.17) is 0 Å². The molecule has 0 heterocycles. The van der Waals surface area contributed by atoms with Crippen LogP contribution in [0, 0.1) is 0 Å². The zero-order valence-electron chi connectivity index (χ0n) is 1.86. The molecule has 0 aromatic rings. The van der Waals surface area contributed by atoms with Gasteiger partial charge in [-0.2, -0.15) is 0 Å². The first kappa shape index (κ1) is 9.31. The fraction of sp³-hybridized carbons (Fsp3) is 0. The molecule has 0 amide bonds. The third-order valence-electron chi connectivity index (χ3n) is 0. The predicted octanol–water partition coefficient (Wildman–Crippen LogP) is 0.647. The van der Waals surface area contributed by atoms with Crippen LogP contribution in [0.15, 0.2) is 0 Å². The van der Waals surface area contributed by atoms with Crippen molar-refractivity contribution in [3.05, 3.63) is 0 Å². The van der Waals surface area contributed by atoms with E-state index in [1.54, 1.807) is 0 Å². The summed E-state index contributed by atoms with van der Waals surface area (Å²) >= 11 is 1.08. The molecule has 0 aromatic carbocycles. The van der Waals surface area contributed by atoms with Crippen molar-refractivity contribution in [1.29, 1.82) is 0 Å². The maximum atomic E-state index is 2.54. The number of hydrogen-bond acceptors (Lipinski definition) is 0. The van der Waals surface area contributed by atoms with Crippen molar-refractivity contribution in [2.75, 3.05) is 0 Å². The van der Waals surface area contributed by atoms with E-state index < -0.39 is 0 Å². The standard InChI is InChI=1S/2Fe.2H2P/h;;2*1H2/q;+2;2*-1. The van der Waals surface area contributed by atoms with Crippen molar-refractivity contribution in [2.24, 2.45) is 0 Å². The van der Waals surface area contributed by atoms with Crippen molar-refractivity contribution in [3.8, 4) is 0 Å². The Bertz CT molecular complexity index is 4.00. The zero-order valence-corrected chi connectivity index (χ0v) is 6.38. The van der Waals surface area contributed by atoms with Gasteiger partial charge in [-0.25, -0.2) is 0 Å². The monoisotopic (exact) mass is 178 g/mol.